The molecule has 21 heavy (non-hydrogen) atoms. The Balaban J connectivity index is 0.00000220. The van der Waals surface area contributed by atoms with Crippen molar-refractivity contribution in [2.75, 3.05) is 33.9 Å². The first-order valence-electron chi connectivity index (χ1n) is 6.97. The Morgan fingerprint density at radius 1 is 1.43 bits per heavy atom. The maximum Gasteiger partial charge on any atom is 0.191 e. The predicted molar refractivity (Wildman–Crippen MR) is 95.5 cm³/mol. The average Bonchev–Trinajstić information content (AvgIpc) is 3.01. The van der Waals surface area contributed by atoms with E-state index in [1.165, 1.54) is 0 Å². The Morgan fingerprint density at radius 2 is 2.29 bits per heavy atom. The number of guanidine groups is 1. The van der Waals surface area contributed by atoms with E-state index >= 15 is 0 Å². The fourth-order valence-corrected chi connectivity index (χ4v) is 2.17. The number of nitrogens with one attached hydrogen (secondary N) is 2. The standard InChI is InChI=1S/C15H23N3O2.HI/c1-16-15(18-10-13-6-7-20-11-13)17-9-12-4-3-5-14(8-12)19-2;/h3-5,8,13H,6-7,9-11H2,1-2H3,(H2,16,17,18);1H. The molecule has 5 nitrogen and oxygen atoms in total. The molecule has 2 N–H and O–H groups in total. The van der Waals surface area contributed by atoms with Crippen molar-refractivity contribution in [2.24, 2.45) is 10.9 Å². The number of hydrogen-bond donors (Lipinski definition) is 2. The minimum absolute atomic E-state index is 0. The lowest BCUT2D eigenvalue weighted by atomic mass is 10.1. The Bertz CT molecular complexity index is 448. The van der Waals surface area contributed by atoms with E-state index in [2.05, 4.69) is 21.7 Å². The zero-order valence-electron chi connectivity index (χ0n) is 12.6. The number of aliphatic imine (C=N–C) groups is 1. The molecule has 0 saturated carbocycles. The lowest BCUT2D eigenvalue weighted by Crippen LogP contribution is -2.39. The zero-order valence-corrected chi connectivity index (χ0v) is 14.9. The van der Waals surface area contributed by atoms with Crippen molar-refractivity contribution in [3.8, 4) is 5.75 Å². The van der Waals surface area contributed by atoms with Crippen LogP contribution in [-0.4, -0.2) is 39.9 Å². The van der Waals surface area contributed by atoms with Crippen molar-refractivity contribution < 1.29 is 9.47 Å². The van der Waals surface area contributed by atoms with Crippen LogP contribution in [0.15, 0.2) is 29.3 Å². The van der Waals surface area contributed by atoms with Crippen LogP contribution in [0, 0.1) is 5.92 Å². The lowest BCUT2D eigenvalue weighted by Gasteiger charge is -2.14. The van der Waals surface area contributed by atoms with Crippen LogP contribution >= 0.6 is 24.0 Å². The van der Waals surface area contributed by atoms with Crippen LogP contribution in [0.4, 0.5) is 0 Å². The number of benzene rings is 1. The molecule has 6 heteroatoms. The Hall–Kier alpha value is -1.02. The van der Waals surface area contributed by atoms with Crippen molar-refractivity contribution in [1.82, 2.24) is 10.6 Å². The number of ether oxygens (including phenoxy) is 2. The summed E-state index contributed by atoms with van der Waals surface area (Å²) in [5.41, 5.74) is 1.16. The van der Waals surface area contributed by atoms with Crippen LogP contribution < -0.4 is 15.4 Å². The van der Waals surface area contributed by atoms with Crippen LogP contribution in [0.1, 0.15) is 12.0 Å². The summed E-state index contributed by atoms with van der Waals surface area (Å²) in [5, 5.41) is 6.64. The summed E-state index contributed by atoms with van der Waals surface area (Å²) < 4.78 is 10.6. The molecule has 1 aromatic carbocycles. The quantitative estimate of drug-likeness (QED) is 0.447. The Labute approximate surface area is 143 Å². The molecule has 1 aliphatic heterocycles. The van der Waals surface area contributed by atoms with Crippen molar-refractivity contribution in [3.05, 3.63) is 29.8 Å². The Kier molecular flexibility index (Phi) is 8.44. The maximum absolute atomic E-state index is 5.36. The van der Waals surface area contributed by atoms with Gasteiger partial charge in [-0.25, -0.2) is 0 Å². The van der Waals surface area contributed by atoms with Crippen LogP contribution in [0.2, 0.25) is 0 Å². The lowest BCUT2D eigenvalue weighted by molar-refractivity contribution is 0.186. The number of rotatable bonds is 5. The zero-order chi connectivity index (χ0) is 14.2. The van der Waals surface area contributed by atoms with Gasteiger partial charge in [-0.15, -0.1) is 24.0 Å². The normalized spacial score (nSPS) is 18.0. The van der Waals surface area contributed by atoms with Crippen molar-refractivity contribution in [2.45, 2.75) is 13.0 Å². The van der Waals surface area contributed by atoms with Gasteiger partial charge in [0.2, 0.25) is 0 Å². The SMILES string of the molecule is CN=C(NCc1cccc(OC)c1)NCC1CCOC1.I. The molecule has 1 fully saturated rings. The third-order valence-corrected chi connectivity index (χ3v) is 3.40. The van der Waals surface area contributed by atoms with Crippen LogP contribution in [0.3, 0.4) is 0 Å². The van der Waals surface area contributed by atoms with E-state index in [1.54, 1.807) is 14.2 Å². The molecule has 0 aliphatic carbocycles. The maximum atomic E-state index is 5.36. The molecule has 1 aromatic rings. The van der Waals surface area contributed by atoms with Gasteiger partial charge in [0.15, 0.2) is 5.96 Å². The van der Waals surface area contributed by atoms with E-state index in [4.69, 9.17) is 9.47 Å². The molecule has 2 rings (SSSR count). The Morgan fingerprint density at radius 3 is 2.95 bits per heavy atom. The summed E-state index contributed by atoms with van der Waals surface area (Å²) >= 11 is 0. The van der Waals surface area contributed by atoms with E-state index in [9.17, 15) is 0 Å². The van der Waals surface area contributed by atoms with E-state index in [1.807, 2.05) is 18.2 Å². The second kappa shape index (κ2) is 9.83. The highest BCUT2D eigenvalue weighted by atomic mass is 127. The van der Waals surface area contributed by atoms with Crippen LogP contribution in [-0.2, 0) is 11.3 Å². The van der Waals surface area contributed by atoms with Crippen molar-refractivity contribution in [3.63, 3.8) is 0 Å². The summed E-state index contributed by atoms with van der Waals surface area (Å²) in [5.74, 6) is 2.28. The fourth-order valence-electron chi connectivity index (χ4n) is 2.17. The second-order valence-corrected chi connectivity index (χ2v) is 4.89. The molecular weight excluding hydrogens is 381 g/mol. The average molecular weight is 405 g/mol. The first-order chi connectivity index (χ1) is 9.81. The first-order valence-corrected chi connectivity index (χ1v) is 6.97. The highest BCUT2D eigenvalue weighted by Crippen LogP contribution is 2.12. The predicted octanol–water partition coefficient (Wildman–Crippen LogP) is 2.01. The fraction of sp³-hybridized carbons (Fsp3) is 0.533. The summed E-state index contributed by atoms with van der Waals surface area (Å²) in [7, 11) is 3.46. The molecule has 1 aliphatic rings. The minimum atomic E-state index is 0. The number of halogens is 1. The van der Waals surface area contributed by atoms with Gasteiger partial charge >= 0.3 is 0 Å². The molecule has 0 amide bonds. The van der Waals surface area contributed by atoms with Crippen LogP contribution in [0.5, 0.6) is 5.75 Å². The molecule has 1 atom stereocenters. The largest absolute Gasteiger partial charge is 0.497 e. The van der Waals surface area contributed by atoms with Gasteiger partial charge in [-0.2, -0.15) is 0 Å². The number of methoxy groups -OCH3 is 1. The van der Waals surface area contributed by atoms with Crippen molar-refractivity contribution >= 4 is 29.9 Å². The van der Waals surface area contributed by atoms with Gasteiger partial charge < -0.3 is 20.1 Å². The molecule has 118 valence electrons. The van der Waals surface area contributed by atoms with Gasteiger partial charge in [-0.05, 0) is 24.1 Å². The minimum Gasteiger partial charge on any atom is -0.497 e. The number of nitrogens with zero attached hydrogens (tertiary/aromatic N) is 1. The molecule has 1 saturated heterocycles. The molecule has 0 aromatic heterocycles. The smallest absolute Gasteiger partial charge is 0.191 e. The second-order valence-electron chi connectivity index (χ2n) is 4.89. The van der Waals surface area contributed by atoms with Gasteiger partial charge in [0.1, 0.15) is 5.75 Å². The van der Waals surface area contributed by atoms with E-state index in [0.29, 0.717) is 5.92 Å². The van der Waals surface area contributed by atoms with Crippen LogP contribution in [0.25, 0.3) is 0 Å². The third kappa shape index (κ3) is 6.09. The summed E-state index contributed by atoms with van der Waals surface area (Å²) in [4.78, 5) is 4.23. The van der Waals surface area contributed by atoms with Gasteiger partial charge in [-0.3, -0.25) is 4.99 Å². The first kappa shape index (κ1) is 18.0. The highest BCUT2D eigenvalue weighted by molar-refractivity contribution is 14.0. The molecule has 0 bridgehead atoms. The van der Waals surface area contributed by atoms with E-state index in [0.717, 1.165) is 50.0 Å². The highest BCUT2D eigenvalue weighted by Gasteiger charge is 2.15. The molecule has 0 radical (unpaired) electrons. The molecular formula is C15H24IN3O2. The number of hydrogen-bond acceptors (Lipinski definition) is 3. The third-order valence-electron chi connectivity index (χ3n) is 3.40. The summed E-state index contributed by atoms with van der Waals surface area (Å²) in [6.45, 7) is 3.35. The van der Waals surface area contributed by atoms with Gasteiger partial charge in [-0.1, -0.05) is 12.1 Å². The topological polar surface area (TPSA) is 54.9 Å². The summed E-state index contributed by atoms with van der Waals surface area (Å²) in [6, 6.07) is 8.01. The summed E-state index contributed by atoms with van der Waals surface area (Å²) in [6.07, 6.45) is 1.12. The monoisotopic (exact) mass is 405 g/mol. The van der Waals surface area contributed by atoms with Gasteiger partial charge in [0.25, 0.3) is 0 Å². The molecule has 0 spiro atoms. The van der Waals surface area contributed by atoms with Gasteiger partial charge in [0.05, 0.1) is 13.7 Å². The molecule has 1 heterocycles. The van der Waals surface area contributed by atoms with E-state index < -0.39 is 0 Å². The van der Waals surface area contributed by atoms with Crippen molar-refractivity contribution in [1.29, 1.82) is 0 Å². The van der Waals surface area contributed by atoms with Gasteiger partial charge in [0, 0.05) is 32.7 Å². The van der Waals surface area contributed by atoms with E-state index in [-0.39, 0.29) is 24.0 Å². The molecule has 1 unspecified atom stereocenters.